The number of rotatable bonds is 8. The van der Waals surface area contributed by atoms with Crippen LogP contribution in [0.3, 0.4) is 0 Å². The quantitative estimate of drug-likeness (QED) is 0.239. The minimum absolute atomic E-state index is 0.0348. The Morgan fingerprint density at radius 1 is 0.970 bits per heavy atom. The van der Waals surface area contributed by atoms with E-state index in [1.807, 2.05) is 0 Å². The lowest BCUT2D eigenvalue weighted by Crippen LogP contribution is -2.13. The van der Waals surface area contributed by atoms with E-state index in [1.165, 1.54) is 18.2 Å². The molecule has 170 valence electrons. The summed E-state index contributed by atoms with van der Waals surface area (Å²) in [7, 11) is -4.11. The minimum Gasteiger partial charge on any atom is -0.502 e. The summed E-state index contributed by atoms with van der Waals surface area (Å²) in [5.41, 5.74) is 1.12. The number of hydrogen-bond acceptors (Lipinski definition) is 9. The first-order valence-electron chi connectivity index (χ1n) is 8.91. The molecular formula is C19H14ClN5O7S. The van der Waals surface area contributed by atoms with E-state index < -0.39 is 37.0 Å². The second kappa shape index (κ2) is 9.50. The Labute approximate surface area is 191 Å². The second-order valence-electron chi connectivity index (χ2n) is 6.40. The molecule has 0 radical (unpaired) electrons. The Hall–Kier alpha value is -4.23. The lowest BCUT2D eigenvalue weighted by Gasteiger charge is -2.09. The molecule has 3 aromatic rings. The van der Waals surface area contributed by atoms with Gasteiger partial charge in [-0.25, -0.2) is 8.42 Å². The number of aromatic hydroxyl groups is 1. The highest BCUT2D eigenvalue weighted by Gasteiger charge is 2.22. The zero-order valence-corrected chi connectivity index (χ0v) is 17.9. The molecule has 12 nitrogen and oxygen atoms in total. The maximum absolute atomic E-state index is 12.6. The first-order chi connectivity index (χ1) is 15.6. The van der Waals surface area contributed by atoms with Crippen LogP contribution in [-0.4, -0.2) is 29.6 Å². The molecule has 0 fully saturated rings. The van der Waals surface area contributed by atoms with Gasteiger partial charge < -0.3 is 5.11 Å². The van der Waals surface area contributed by atoms with Crippen molar-refractivity contribution in [3.63, 3.8) is 0 Å². The summed E-state index contributed by atoms with van der Waals surface area (Å²) in [6.07, 6.45) is 0.972. The van der Waals surface area contributed by atoms with Crippen molar-refractivity contribution in [3.8, 4) is 5.75 Å². The van der Waals surface area contributed by atoms with Crippen LogP contribution < -0.4 is 10.1 Å². The van der Waals surface area contributed by atoms with Gasteiger partial charge in [0.15, 0.2) is 0 Å². The molecule has 0 atom stereocenters. The Kier molecular flexibility index (Phi) is 6.75. The van der Waals surface area contributed by atoms with E-state index in [4.69, 9.17) is 11.6 Å². The van der Waals surface area contributed by atoms with Crippen molar-refractivity contribution >= 4 is 50.6 Å². The average molecular weight is 492 g/mol. The number of benzene rings is 3. The van der Waals surface area contributed by atoms with Gasteiger partial charge >= 0.3 is 5.69 Å². The van der Waals surface area contributed by atoms with Crippen LogP contribution in [0.1, 0.15) is 5.56 Å². The third-order valence-corrected chi connectivity index (χ3v) is 5.77. The maximum atomic E-state index is 12.6. The van der Waals surface area contributed by atoms with E-state index in [1.54, 1.807) is 18.2 Å². The number of phenolic OH excluding ortho intramolecular Hbond substituents is 1. The van der Waals surface area contributed by atoms with Crippen LogP contribution in [0, 0.1) is 20.2 Å². The zero-order chi connectivity index (χ0) is 24.2. The fourth-order valence-corrected chi connectivity index (χ4v) is 3.96. The number of nitrogens with one attached hydrogen (secondary N) is 2. The molecule has 0 aliphatic heterocycles. The van der Waals surface area contributed by atoms with E-state index in [0.29, 0.717) is 0 Å². The molecule has 3 N–H and O–H groups in total. The Morgan fingerprint density at radius 3 is 2.27 bits per heavy atom. The van der Waals surface area contributed by atoms with Crippen LogP contribution in [-0.2, 0) is 10.0 Å². The van der Waals surface area contributed by atoms with Crippen molar-refractivity contribution in [2.24, 2.45) is 5.10 Å². The van der Waals surface area contributed by atoms with Crippen LogP contribution in [0.4, 0.5) is 22.7 Å². The first kappa shape index (κ1) is 23.4. The molecule has 3 rings (SSSR count). The normalized spacial score (nSPS) is 11.3. The van der Waals surface area contributed by atoms with Gasteiger partial charge in [-0.15, -0.1) is 0 Å². The molecule has 14 heteroatoms. The number of halogens is 1. The lowest BCUT2D eigenvalue weighted by molar-refractivity contribution is -0.385. The van der Waals surface area contributed by atoms with Gasteiger partial charge in [-0.2, -0.15) is 5.10 Å². The smallest absolute Gasteiger partial charge is 0.312 e. The number of anilines is 2. The summed E-state index contributed by atoms with van der Waals surface area (Å²) < 4.78 is 27.4. The number of nitrogens with zero attached hydrogens (tertiary/aromatic N) is 3. The molecule has 0 unspecified atom stereocenters. The van der Waals surface area contributed by atoms with Gasteiger partial charge in [-0.3, -0.25) is 30.4 Å². The third kappa shape index (κ3) is 5.53. The van der Waals surface area contributed by atoms with Gasteiger partial charge in [0.2, 0.25) is 5.75 Å². The predicted molar refractivity (Wildman–Crippen MR) is 121 cm³/mol. The van der Waals surface area contributed by atoms with Gasteiger partial charge in [0, 0.05) is 28.4 Å². The Bertz CT molecular complexity index is 1360. The highest BCUT2D eigenvalue weighted by Crippen LogP contribution is 2.33. The highest BCUT2D eigenvalue weighted by atomic mass is 35.5. The van der Waals surface area contributed by atoms with Gasteiger partial charge in [-0.1, -0.05) is 29.8 Å². The summed E-state index contributed by atoms with van der Waals surface area (Å²) in [6, 6.07) is 13.3. The molecular weight excluding hydrogens is 478 g/mol. The molecule has 0 spiro atoms. The molecule has 0 saturated carbocycles. The number of phenols is 1. The molecule has 0 aliphatic carbocycles. The molecule has 33 heavy (non-hydrogen) atoms. The summed E-state index contributed by atoms with van der Waals surface area (Å²) >= 11 is 5.80. The summed E-state index contributed by atoms with van der Waals surface area (Å²) in [4.78, 5) is 20.5. The summed E-state index contributed by atoms with van der Waals surface area (Å²) in [6.45, 7) is 0. The summed E-state index contributed by atoms with van der Waals surface area (Å²) in [5.74, 6) is -0.696. The van der Waals surface area contributed by atoms with Gasteiger partial charge in [0.1, 0.15) is 5.69 Å². The fourth-order valence-electron chi connectivity index (χ4n) is 2.66. The molecule has 0 saturated heterocycles. The topological polar surface area (TPSA) is 177 Å². The predicted octanol–water partition coefficient (Wildman–Crippen LogP) is 4.11. The highest BCUT2D eigenvalue weighted by molar-refractivity contribution is 7.92. The van der Waals surface area contributed by atoms with Crippen molar-refractivity contribution in [1.29, 1.82) is 0 Å². The van der Waals surface area contributed by atoms with E-state index in [9.17, 15) is 33.8 Å². The SMILES string of the molecule is O=[N+]([O-])c1cc(S(=O)(=O)Nc2ccccc2)ccc1N/N=C/c1cc(Cl)cc([N+](=O)[O-])c1O. The standard InChI is InChI=1S/C19H14ClN5O7S/c20-13-8-12(19(26)18(9-13)25(29)30)11-21-22-16-7-6-15(10-17(16)24(27)28)33(31,32)23-14-4-2-1-3-5-14/h1-11,22-23,26H/b21-11+. The average Bonchev–Trinajstić information content (AvgIpc) is 2.76. The van der Waals surface area contributed by atoms with Crippen LogP contribution in [0.15, 0.2) is 70.7 Å². The summed E-state index contributed by atoms with van der Waals surface area (Å²) in [5, 5.41) is 36.1. The molecule has 3 aromatic carbocycles. The van der Waals surface area contributed by atoms with E-state index in [2.05, 4.69) is 15.2 Å². The second-order valence-corrected chi connectivity index (χ2v) is 8.52. The number of sulfonamides is 1. The van der Waals surface area contributed by atoms with Crippen LogP contribution >= 0.6 is 11.6 Å². The molecule has 0 bridgehead atoms. The third-order valence-electron chi connectivity index (χ3n) is 4.17. The monoisotopic (exact) mass is 491 g/mol. The van der Waals surface area contributed by atoms with Crippen molar-refractivity contribution in [2.45, 2.75) is 4.90 Å². The fraction of sp³-hybridized carbons (Fsp3) is 0. The van der Waals surface area contributed by atoms with Crippen molar-refractivity contribution in [2.75, 3.05) is 10.1 Å². The largest absolute Gasteiger partial charge is 0.502 e. The first-order valence-corrected chi connectivity index (χ1v) is 10.8. The number of nitro benzene ring substituents is 2. The lowest BCUT2D eigenvalue weighted by atomic mass is 10.2. The molecule has 0 heterocycles. The van der Waals surface area contributed by atoms with Gasteiger partial charge in [0.25, 0.3) is 15.7 Å². The number of nitro groups is 2. The molecule has 0 aromatic heterocycles. The number of hydrogen-bond donors (Lipinski definition) is 3. The Morgan fingerprint density at radius 2 is 1.64 bits per heavy atom. The van der Waals surface area contributed by atoms with Crippen molar-refractivity contribution < 1.29 is 23.4 Å². The van der Waals surface area contributed by atoms with Crippen LogP contribution in [0.2, 0.25) is 5.02 Å². The molecule has 0 amide bonds. The van der Waals surface area contributed by atoms with E-state index in [-0.39, 0.29) is 26.9 Å². The Balaban J connectivity index is 1.88. The minimum atomic E-state index is -4.11. The van der Waals surface area contributed by atoms with Gasteiger partial charge in [-0.05, 0) is 30.3 Å². The number of hydrazone groups is 1. The zero-order valence-electron chi connectivity index (χ0n) is 16.4. The van der Waals surface area contributed by atoms with Crippen molar-refractivity contribution in [3.05, 3.63) is 91.5 Å². The van der Waals surface area contributed by atoms with Gasteiger partial charge in [0.05, 0.1) is 21.0 Å². The molecule has 0 aliphatic rings. The number of para-hydroxylation sites is 1. The van der Waals surface area contributed by atoms with E-state index >= 15 is 0 Å². The van der Waals surface area contributed by atoms with Crippen molar-refractivity contribution in [1.82, 2.24) is 0 Å². The van der Waals surface area contributed by atoms with E-state index in [0.717, 1.165) is 30.5 Å². The van der Waals surface area contributed by atoms with Crippen LogP contribution in [0.5, 0.6) is 5.75 Å². The maximum Gasteiger partial charge on any atom is 0.312 e. The van der Waals surface area contributed by atoms with Crippen LogP contribution in [0.25, 0.3) is 0 Å².